The Morgan fingerprint density at radius 2 is 1.80 bits per heavy atom. The van der Waals surface area contributed by atoms with Gasteiger partial charge in [-0.3, -0.25) is 14.3 Å². The van der Waals surface area contributed by atoms with Gasteiger partial charge in [-0.1, -0.05) is 6.07 Å². The first-order valence-corrected chi connectivity index (χ1v) is 15.7. The monoisotopic (exact) mass is 618 g/mol. The van der Waals surface area contributed by atoms with Gasteiger partial charge in [0, 0.05) is 62.4 Å². The summed E-state index contributed by atoms with van der Waals surface area (Å²) in [5.41, 5.74) is 3.74. The highest BCUT2D eigenvalue weighted by Crippen LogP contribution is 2.32. The van der Waals surface area contributed by atoms with Crippen LogP contribution in [0.5, 0.6) is 5.75 Å². The van der Waals surface area contributed by atoms with Crippen LogP contribution in [0.4, 0.5) is 0 Å². The normalized spacial score (nSPS) is 17.3. The summed E-state index contributed by atoms with van der Waals surface area (Å²) < 4.78 is 13.1. The molecule has 0 atom stereocenters. The lowest BCUT2D eigenvalue weighted by atomic mass is 9.89. The average Bonchev–Trinajstić information content (AvgIpc) is 3.78. The van der Waals surface area contributed by atoms with Crippen molar-refractivity contribution in [3.05, 3.63) is 88.4 Å². The number of nitriles is 1. The molecule has 0 saturated carbocycles. The van der Waals surface area contributed by atoms with E-state index in [-0.39, 0.29) is 36.7 Å². The smallest absolute Gasteiger partial charge is 0.338 e. The lowest BCUT2D eigenvalue weighted by Gasteiger charge is -2.37. The summed E-state index contributed by atoms with van der Waals surface area (Å²) in [7, 11) is 0. The van der Waals surface area contributed by atoms with Gasteiger partial charge in [0.15, 0.2) is 5.54 Å². The van der Waals surface area contributed by atoms with Crippen molar-refractivity contribution >= 4 is 28.7 Å². The number of hydrogen-bond acceptors (Lipinski definition) is 8. The number of benzene rings is 2. The number of likely N-dealkylation sites (tertiary alicyclic amines) is 2. The number of ether oxygens (including phenoxy) is 2. The number of piperidine rings is 2. The fourth-order valence-corrected chi connectivity index (χ4v) is 6.72. The number of hydrogen-bond donors (Lipinski definition) is 0. The molecule has 234 valence electrons. The molecule has 4 aromatic rings. The predicted octanol–water partition coefficient (Wildman–Crippen LogP) is 4.77. The van der Waals surface area contributed by atoms with Gasteiger partial charge < -0.3 is 19.3 Å². The maximum atomic E-state index is 13.9. The third kappa shape index (κ3) is 5.23. The molecule has 2 amide bonds. The van der Waals surface area contributed by atoms with Crippen molar-refractivity contribution in [1.82, 2.24) is 24.6 Å². The summed E-state index contributed by atoms with van der Waals surface area (Å²) in [6, 6.07) is 14.9. The molecule has 3 aliphatic rings. The van der Waals surface area contributed by atoms with E-state index in [0.29, 0.717) is 66.8 Å². The standard InChI is InChI=1S/C35H34N6O5/c1-23-24(6-8-26-29(23)21-46-34(26)44)20-45-25-7-9-30-27(18-25)28(32(42)39-13-3-2-4-14-39)19-31(38-30)33(43)40-16-10-35(22-36,11-17-40)41-15-5-12-37-41/h5-9,12,15,18-19H,2-4,10-11,13-14,16-17,20-21H2,1H3. The summed E-state index contributed by atoms with van der Waals surface area (Å²) in [4.78, 5) is 48.0. The van der Waals surface area contributed by atoms with Crippen LogP contribution in [0, 0.1) is 18.3 Å². The first kappa shape index (κ1) is 29.5. The van der Waals surface area contributed by atoms with Gasteiger partial charge in [-0.05, 0) is 73.7 Å². The predicted molar refractivity (Wildman–Crippen MR) is 167 cm³/mol. The zero-order valence-corrected chi connectivity index (χ0v) is 25.7. The molecule has 0 N–H and O–H groups in total. The summed E-state index contributed by atoms with van der Waals surface area (Å²) in [5, 5.41) is 14.9. The fraction of sp³-hybridized carbons (Fsp3) is 0.371. The van der Waals surface area contributed by atoms with Crippen LogP contribution in [0.3, 0.4) is 0 Å². The van der Waals surface area contributed by atoms with Crippen molar-refractivity contribution in [3.63, 3.8) is 0 Å². The molecule has 0 radical (unpaired) electrons. The zero-order valence-electron chi connectivity index (χ0n) is 25.7. The van der Waals surface area contributed by atoms with Crippen LogP contribution in [0.25, 0.3) is 10.9 Å². The van der Waals surface area contributed by atoms with Crippen molar-refractivity contribution in [2.45, 2.75) is 57.8 Å². The molecule has 46 heavy (non-hydrogen) atoms. The molecule has 2 fully saturated rings. The maximum absolute atomic E-state index is 13.9. The number of esters is 1. The van der Waals surface area contributed by atoms with Crippen molar-refractivity contribution < 1.29 is 23.9 Å². The number of aromatic nitrogens is 3. The Balaban J connectivity index is 1.17. The lowest BCUT2D eigenvalue weighted by molar-refractivity contribution is 0.0534. The molecular formula is C35H34N6O5. The van der Waals surface area contributed by atoms with Crippen LogP contribution >= 0.6 is 0 Å². The van der Waals surface area contributed by atoms with Gasteiger partial charge in [0.2, 0.25) is 0 Å². The summed E-state index contributed by atoms with van der Waals surface area (Å²) in [6.45, 7) is 4.57. The second-order valence-corrected chi connectivity index (χ2v) is 12.2. The quantitative estimate of drug-likeness (QED) is 0.283. The molecule has 7 rings (SSSR count). The Morgan fingerprint density at radius 1 is 1.02 bits per heavy atom. The van der Waals surface area contributed by atoms with E-state index < -0.39 is 5.54 Å². The molecule has 11 heteroatoms. The molecule has 5 heterocycles. The van der Waals surface area contributed by atoms with Crippen LogP contribution in [-0.2, 0) is 23.5 Å². The van der Waals surface area contributed by atoms with E-state index in [2.05, 4.69) is 11.2 Å². The minimum Gasteiger partial charge on any atom is -0.489 e. The maximum Gasteiger partial charge on any atom is 0.338 e. The van der Waals surface area contributed by atoms with Gasteiger partial charge in [-0.2, -0.15) is 10.4 Å². The number of rotatable bonds is 6. The lowest BCUT2D eigenvalue weighted by Crippen LogP contribution is -2.47. The van der Waals surface area contributed by atoms with E-state index in [0.717, 1.165) is 36.0 Å². The second-order valence-electron chi connectivity index (χ2n) is 12.2. The Bertz CT molecular complexity index is 1880. The van der Waals surface area contributed by atoms with E-state index in [1.54, 1.807) is 52.3 Å². The van der Waals surface area contributed by atoms with Gasteiger partial charge in [0.25, 0.3) is 11.8 Å². The Kier molecular flexibility index (Phi) is 7.64. The number of nitrogens with zero attached hydrogens (tertiary/aromatic N) is 6. The van der Waals surface area contributed by atoms with E-state index in [1.165, 1.54) is 0 Å². The minimum absolute atomic E-state index is 0.127. The molecule has 0 unspecified atom stereocenters. The van der Waals surface area contributed by atoms with Gasteiger partial charge in [0.05, 0.1) is 22.7 Å². The number of pyridine rings is 1. The number of carbonyl (C=O) groups excluding carboxylic acids is 3. The van der Waals surface area contributed by atoms with Crippen LogP contribution in [-0.4, -0.2) is 68.5 Å². The van der Waals surface area contributed by atoms with Gasteiger partial charge >= 0.3 is 5.97 Å². The first-order chi connectivity index (χ1) is 22.4. The topological polar surface area (TPSA) is 131 Å². The van der Waals surface area contributed by atoms with Gasteiger partial charge in [0.1, 0.15) is 24.7 Å². The zero-order chi connectivity index (χ0) is 31.8. The van der Waals surface area contributed by atoms with Crippen molar-refractivity contribution in [3.8, 4) is 11.8 Å². The number of cyclic esters (lactones) is 1. The average molecular weight is 619 g/mol. The highest BCUT2D eigenvalue weighted by molar-refractivity contribution is 6.09. The summed E-state index contributed by atoms with van der Waals surface area (Å²) in [5.74, 6) is -0.133. The molecule has 0 bridgehead atoms. The molecule has 2 aromatic heterocycles. The molecule has 3 aliphatic heterocycles. The third-order valence-electron chi connectivity index (χ3n) is 9.57. The van der Waals surface area contributed by atoms with Gasteiger partial charge in [-0.15, -0.1) is 0 Å². The van der Waals surface area contributed by atoms with E-state index >= 15 is 0 Å². The van der Waals surface area contributed by atoms with Crippen molar-refractivity contribution in [1.29, 1.82) is 5.26 Å². The Morgan fingerprint density at radius 3 is 2.54 bits per heavy atom. The van der Waals surface area contributed by atoms with Crippen LogP contribution < -0.4 is 4.74 Å². The molecule has 0 aliphatic carbocycles. The SMILES string of the molecule is Cc1c(COc2ccc3nc(C(=O)N4CCC(C#N)(n5cccn5)CC4)cc(C(=O)N4CCCCC4)c3c2)ccc2c1COC2=O. The molecule has 2 saturated heterocycles. The third-order valence-corrected chi connectivity index (χ3v) is 9.57. The molecule has 0 spiro atoms. The van der Waals surface area contributed by atoms with E-state index in [9.17, 15) is 19.6 Å². The molecule has 2 aromatic carbocycles. The van der Waals surface area contributed by atoms with Crippen LogP contribution in [0.1, 0.15) is 80.0 Å². The summed E-state index contributed by atoms with van der Waals surface area (Å²) in [6.07, 6.45) is 7.29. The van der Waals surface area contributed by atoms with E-state index in [4.69, 9.17) is 14.5 Å². The highest BCUT2D eigenvalue weighted by atomic mass is 16.5. The Hall–Kier alpha value is -5.24. The Labute approximate surface area is 266 Å². The van der Waals surface area contributed by atoms with Crippen molar-refractivity contribution in [2.24, 2.45) is 0 Å². The largest absolute Gasteiger partial charge is 0.489 e. The van der Waals surface area contributed by atoms with Crippen LogP contribution in [0.2, 0.25) is 0 Å². The van der Waals surface area contributed by atoms with Crippen LogP contribution in [0.15, 0.2) is 54.9 Å². The summed E-state index contributed by atoms with van der Waals surface area (Å²) >= 11 is 0. The fourth-order valence-electron chi connectivity index (χ4n) is 6.72. The number of fused-ring (bicyclic) bond motifs is 2. The van der Waals surface area contributed by atoms with Crippen molar-refractivity contribution in [2.75, 3.05) is 26.2 Å². The molecule has 11 nitrogen and oxygen atoms in total. The number of amides is 2. The second kappa shape index (κ2) is 11.9. The highest BCUT2D eigenvalue weighted by Gasteiger charge is 2.39. The molecular weight excluding hydrogens is 584 g/mol. The van der Waals surface area contributed by atoms with E-state index in [1.807, 2.05) is 24.0 Å². The minimum atomic E-state index is -0.799. The van der Waals surface area contributed by atoms with Gasteiger partial charge in [-0.25, -0.2) is 9.78 Å². The number of carbonyl (C=O) groups is 3. The first-order valence-electron chi connectivity index (χ1n) is 15.7.